The molecule has 11 nitrogen and oxygen atoms in total. The van der Waals surface area contributed by atoms with Crippen LogP contribution in [0, 0.1) is 23.7 Å². The van der Waals surface area contributed by atoms with E-state index in [4.69, 9.17) is 10.5 Å². The standard InChI is InChI=1S/C31H34N2O9/c1-13(30(40)42-4)14-5-7-15(8-6-14)17-9-10-20(34)22-18(17)11-16-12-19-24(33(2)3)26(36)23(29(32)39)28(38)31(19,41)27(37)21(16)25(22)35/h5-10,13,16,19,21,23-24,26,34,36,41H,11-12H2,1-4H3,(H2,32,39)/t13?,16-,19-,21?,23?,24-,26?,31-/m1/s1. The van der Waals surface area contributed by atoms with E-state index in [-0.39, 0.29) is 30.1 Å². The zero-order chi connectivity index (χ0) is 30.8. The van der Waals surface area contributed by atoms with Crippen molar-refractivity contribution >= 4 is 29.2 Å². The highest BCUT2D eigenvalue weighted by Gasteiger charge is 2.69. The van der Waals surface area contributed by atoms with Crippen LogP contribution >= 0.6 is 0 Å². The van der Waals surface area contributed by atoms with E-state index in [0.29, 0.717) is 11.1 Å². The Morgan fingerprint density at radius 2 is 1.71 bits per heavy atom. The SMILES string of the molecule is COC(=O)C(C)c1ccc(-c2ccc(O)c3c2C[C@@H]2C[C@@H]4[C@@H](N(C)C)C(O)C(C(N)=O)C(=O)[C@]4(O)C(=O)C2C3=O)cc1. The summed E-state index contributed by atoms with van der Waals surface area (Å²) in [6, 6.07) is 9.21. The topological polar surface area (TPSA) is 185 Å². The van der Waals surface area contributed by atoms with Crippen molar-refractivity contribution in [2.24, 2.45) is 29.4 Å². The number of ether oxygens (including phenoxy) is 1. The number of nitrogens with zero attached hydrogens (tertiary/aromatic N) is 1. The first-order chi connectivity index (χ1) is 19.7. The fourth-order valence-electron chi connectivity index (χ4n) is 7.36. The van der Waals surface area contributed by atoms with E-state index < -0.39 is 70.6 Å². The van der Waals surface area contributed by atoms with Gasteiger partial charge in [0.05, 0.1) is 30.6 Å². The smallest absolute Gasteiger partial charge is 0.312 e. The number of aliphatic hydroxyl groups excluding tert-OH is 1. The number of phenols is 1. The van der Waals surface area contributed by atoms with Gasteiger partial charge < -0.3 is 30.7 Å². The number of hydrogen-bond donors (Lipinski definition) is 4. The van der Waals surface area contributed by atoms with Crippen LogP contribution in [0.1, 0.15) is 40.7 Å². The molecule has 1 amide bonds. The molecule has 2 saturated carbocycles. The Kier molecular flexibility index (Phi) is 7.33. The molecule has 8 atom stereocenters. The highest BCUT2D eigenvalue weighted by molar-refractivity contribution is 6.25. The molecule has 222 valence electrons. The molecule has 0 aliphatic heterocycles. The number of benzene rings is 2. The van der Waals surface area contributed by atoms with E-state index >= 15 is 0 Å². The quantitative estimate of drug-likeness (QED) is 0.289. The summed E-state index contributed by atoms with van der Waals surface area (Å²) in [5.41, 5.74) is 5.27. The minimum absolute atomic E-state index is 0.0277. The third-order valence-corrected chi connectivity index (χ3v) is 9.45. The van der Waals surface area contributed by atoms with Crippen molar-refractivity contribution in [3.63, 3.8) is 0 Å². The third-order valence-electron chi connectivity index (χ3n) is 9.45. The number of amides is 1. The van der Waals surface area contributed by atoms with Gasteiger partial charge in [-0.25, -0.2) is 0 Å². The number of fused-ring (bicyclic) bond motifs is 3. The first-order valence-corrected chi connectivity index (χ1v) is 13.8. The van der Waals surface area contributed by atoms with E-state index in [0.717, 1.165) is 11.1 Å². The van der Waals surface area contributed by atoms with E-state index in [9.17, 15) is 39.3 Å². The minimum atomic E-state index is -2.71. The lowest BCUT2D eigenvalue weighted by Gasteiger charge is -2.54. The summed E-state index contributed by atoms with van der Waals surface area (Å²) in [6.07, 6.45) is -1.35. The molecule has 3 aliphatic rings. The third kappa shape index (κ3) is 4.18. The summed E-state index contributed by atoms with van der Waals surface area (Å²) in [5.74, 6) is -10.3. The Morgan fingerprint density at radius 3 is 2.29 bits per heavy atom. The maximum atomic E-state index is 14.0. The zero-order valence-electron chi connectivity index (χ0n) is 23.7. The van der Waals surface area contributed by atoms with Crippen molar-refractivity contribution < 1.29 is 44.0 Å². The van der Waals surface area contributed by atoms with Gasteiger partial charge in [0.15, 0.2) is 23.0 Å². The summed E-state index contributed by atoms with van der Waals surface area (Å²) in [6.45, 7) is 1.73. The average Bonchev–Trinajstić information content (AvgIpc) is 2.94. The zero-order valence-corrected chi connectivity index (χ0v) is 23.7. The molecule has 0 heterocycles. The largest absolute Gasteiger partial charge is 0.507 e. The number of rotatable bonds is 5. The van der Waals surface area contributed by atoms with Crippen LogP contribution in [0.25, 0.3) is 11.1 Å². The maximum absolute atomic E-state index is 14.0. The number of primary amides is 1. The summed E-state index contributed by atoms with van der Waals surface area (Å²) < 4.78 is 4.83. The molecule has 5 N–H and O–H groups in total. The second-order valence-electron chi connectivity index (χ2n) is 11.8. The molecule has 2 fully saturated rings. The Balaban J connectivity index is 1.59. The second-order valence-corrected chi connectivity index (χ2v) is 11.8. The number of phenolic OH excluding ortho intramolecular Hbond substituents is 1. The first kappa shape index (κ1) is 29.6. The predicted molar refractivity (Wildman–Crippen MR) is 148 cm³/mol. The molecule has 42 heavy (non-hydrogen) atoms. The second kappa shape index (κ2) is 10.4. The molecule has 2 aromatic carbocycles. The number of carbonyl (C=O) groups excluding carboxylic acids is 5. The fourth-order valence-corrected chi connectivity index (χ4v) is 7.36. The maximum Gasteiger partial charge on any atom is 0.312 e. The predicted octanol–water partition coefficient (Wildman–Crippen LogP) is 0.602. The molecule has 2 aromatic rings. The number of nitrogens with two attached hydrogens (primary N) is 1. The number of aromatic hydroxyl groups is 1. The molecule has 5 rings (SSSR count). The van der Waals surface area contributed by atoms with E-state index in [1.807, 2.05) is 0 Å². The van der Waals surface area contributed by atoms with Crippen LogP contribution in [0.5, 0.6) is 5.75 Å². The molecular weight excluding hydrogens is 544 g/mol. The van der Waals surface area contributed by atoms with Crippen molar-refractivity contribution in [2.75, 3.05) is 21.2 Å². The van der Waals surface area contributed by atoms with Crippen molar-refractivity contribution in [3.05, 3.63) is 53.1 Å². The monoisotopic (exact) mass is 578 g/mol. The van der Waals surface area contributed by atoms with Crippen LogP contribution in [0.15, 0.2) is 36.4 Å². The molecule has 11 heteroatoms. The highest BCUT2D eigenvalue weighted by Crippen LogP contribution is 2.52. The summed E-state index contributed by atoms with van der Waals surface area (Å²) >= 11 is 0. The molecular formula is C31H34N2O9. The van der Waals surface area contributed by atoms with Gasteiger partial charge in [0.25, 0.3) is 0 Å². The van der Waals surface area contributed by atoms with Crippen molar-refractivity contribution in [2.45, 2.75) is 43.4 Å². The number of methoxy groups -OCH3 is 1. The van der Waals surface area contributed by atoms with Crippen LogP contribution in [0.3, 0.4) is 0 Å². The molecule has 3 aliphatic carbocycles. The lowest BCUT2D eigenvalue weighted by atomic mass is 9.52. The Morgan fingerprint density at radius 1 is 1.07 bits per heavy atom. The van der Waals surface area contributed by atoms with Crippen LogP contribution in [-0.2, 0) is 30.3 Å². The number of Topliss-reactive ketones (excluding diaryl/α,β-unsaturated/α-hetero) is 3. The average molecular weight is 579 g/mol. The number of esters is 1. The van der Waals surface area contributed by atoms with Crippen LogP contribution in [0.4, 0.5) is 0 Å². The van der Waals surface area contributed by atoms with E-state index in [1.165, 1.54) is 13.2 Å². The van der Waals surface area contributed by atoms with Gasteiger partial charge in [-0.05, 0) is 68.1 Å². The van der Waals surface area contributed by atoms with Crippen molar-refractivity contribution in [1.29, 1.82) is 0 Å². The Labute approximate surface area is 242 Å². The molecule has 0 aromatic heterocycles. The molecule has 0 bridgehead atoms. The summed E-state index contributed by atoms with van der Waals surface area (Å²) in [5, 5.41) is 33.5. The molecule has 0 saturated heterocycles. The van der Waals surface area contributed by atoms with Crippen molar-refractivity contribution in [3.8, 4) is 16.9 Å². The molecule has 0 spiro atoms. The lowest BCUT2D eigenvalue weighted by Crippen LogP contribution is -2.75. The van der Waals surface area contributed by atoms with Gasteiger partial charge in [-0.1, -0.05) is 30.3 Å². The minimum Gasteiger partial charge on any atom is -0.507 e. The highest BCUT2D eigenvalue weighted by atomic mass is 16.5. The number of ketones is 3. The summed E-state index contributed by atoms with van der Waals surface area (Å²) in [4.78, 5) is 67.0. The normalized spacial score (nSPS) is 31.2. The van der Waals surface area contributed by atoms with Gasteiger partial charge in [-0.2, -0.15) is 0 Å². The van der Waals surface area contributed by atoms with Gasteiger partial charge in [0.2, 0.25) is 5.91 Å². The lowest BCUT2D eigenvalue weighted by molar-refractivity contribution is -0.190. The number of aliphatic hydroxyl groups is 2. The first-order valence-electron chi connectivity index (χ1n) is 13.8. The van der Waals surface area contributed by atoms with Crippen molar-refractivity contribution in [1.82, 2.24) is 4.90 Å². The fraction of sp³-hybridized carbons (Fsp3) is 0.452. The van der Waals surface area contributed by atoms with E-state index in [1.54, 1.807) is 56.3 Å². The van der Waals surface area contributed by atoms with Gasteiger partial charge >= 0.3 is 5.97 Å². The van der Waals surface area contributed by atoms with Gasteiger partial charge in [-0.3, -0.25) is 24.0 Å². The van der Waals surface area contributed by atoms with E-state index in [2.05, 4.69) is 0 Å². The molecule has 0 radical (unpaired) electrons. The number of hydrogen-bond acceptors (Lipinski definition) is 10. The number of likely N-dealkylation sites (N-methyl/N-ethyl adjacent to an activating group) is 1. The Hall–Kier alpha value is -3.93. The summed E-state index contributed by atoms with van der Waals surface area (Å²) in [7, 11) is 4.51. The number of carbonyl (C=O) groups is 5. The molecule has 4 unspecified atom stereocenters. The Bertz CT molecular complexity index is 1500. The van der Waals surface area contributed by atoms with Crippen LogP contribution < -0.4 is 5.73 Å². The van der Waals surface area contributed by atoms with Gasteiger partial charge in [0.1, 0.15) is 11.7 Å². The van der Waals surface area contributed by atoms with Gasteiger partial charge in [0, 0.05) is 12.0 Å². The van der Waals surface area contributed by atoms with Crippen LogP contribution in [-0.4, -0.2) is 88.4 Å². The van der Waals surface area contributed by atoms with Gasteiger partial charge in [-0.15, -0.1) is 0 Å². The van der Waals surface area contributed by atoms with Crippen LogP contribution in [0.2, 0.25) is 0 Å².